The van der Waals surface area contributed by atoms with Crippen molar-refractivity contribution in [1.29, 1.82) is 0 Å². The summed E-state index contributed by atoms with van der Waals surface area (Å²) in [6, 6.07) is 8.56. The van der Waals surface area contributed by atoms with Gasteiger partial charge in [0, 0.05) is 21.7 Å². The van der Waals surface area contributed by atoms with Crippen LogP contribution in [0.5, 0.6) is 0 Å². The molecule has 0 aliphatic rings. The second-order valence-corrected chi connectivity index (χ2v) is 6.98. The van der Waals surface area contributed by atoms with E-state index >= 15 is 0 Å². The van der Waals surface area contributed by atoms with Gasteiger partial charge in [0.05, 0.1) is 23.0 Å². The SMILES string of the molecule is CCNC(CSc1ccc(Br)cc1)c1c(Cl)cnn1CC. The highest BCUT2D eigenvalue weighted by Gasteiger charge is 2.19. The highest BCUT2D eigenvalue weighted by Crippen LogP contribution is 2.29. The quantitative estimate of drug-likeness (QED) is 0.693. The van der Waals surface area contributed by atoms with Gasteiger partial charge in [-0.05, 0) is 37.7 Å². The normalized spacial score (nSPS) is 12.6. The molecule has 0 aliphatic heterocycles. The maximum atomic E-state index is 6.32. The average Bonchev–Trinajstić information content (AvgIpc) is 2.86. The van der Waals surface area contributed by atoms with Gasteiger partial charge in [0.25, 0.3) is 0 Å². The molecule has 0 bridgehead atoms. The lowest BCUT2D eigenvalue weighted by atomic mass is 10.2. The highest BCUT2D eigenvalue weighted by molar-refractivity contribution is 9.10. The minimum absolute atomic E-state index is 0.193. The summed E-state index contributed by atoms with van der Waals surface area (Å²) in [7, 11) is 0. The summed E-state index contributed by atoms with van der Waals surface area (Å²) in [5.41, 5.74) is 1.07. The lowest BCUT2D eigenvalue weighted by molar-refractivity contribution is 0.527. The van der Waals surface area contributed by atoms with Gasteiger partial charge < -0.3 is 5.32 Å². The molecule has 114 valence electrons. The molecule has 1 aromatic carbocycles. The fraction of sp³-hybridized carbons (Fsp3) is 0.400. The van der Waals surface area contributed by atoms with Crippen LogP contribution in [0.15, 0.2) is 39.8 Å². The molecule has 0 fully saturated rings. The monoisotopic (exact) mass is 387 g/mol. The summed E-state index contributed by atoms with van der Waals surface area (Å²) in [6.07, 6.45) is 1.73. The number of hydrogen-bond acceptors (Lipinski definition) is 3. The van der Waals surface area contributed by atoms with Gasteiger partial charge in [-0.2, -0.15) is 5.10 Å². The van der Waals surface area contributed by atoms with E-state index in [9.17, 15) is 0 Å². The van der Waals surface area contributed by atoms with Crippen molar-refractivity contribution in [3.05, 3.63) is 45.7 Å². The van der Waals surface area contributed by atoms with Crippen LogP contribution in [-0.4, -0.2) is 22.1 Å². The predicted molar refractivity (Wildman–Crippen MR) is 94.2 cm³/mol. The van der Waals surface area contributed by atoms with Crippen LogP contribution in [0.25, 0.3) is 0 Å². The average molecular weight is 389 g/mol. The number of benzene rings is 1. The summed E-state index contributed by atoms with van der Waals surface area (Å²) < 4.78 is 3.07. The first-order chi connectivity index (χ1) is 10.2. The number of thioether (sulfide) groups is 1. The van der Waals surface area contributed by atoms with Crippen molar-refractivity contribution in [2.45, 2.75) is 31.3 Å². The van der Waals surface area contributed by atoms with E-state index in [2.05, 4.69) is 64.5 Å². The Labute approximate surface area is 143 Å². The van der Waals surface area contributed by atoms with Crippen molar-refractivity contribution >= 4 is 39.3 Å². The molecule has 1 atom stereocenters. The summed E-state index contributed by atoms with van der Waals surface area (Å²) in [6.45, 7) is 5.92. The Bertz CT molecular complexity index is 571. The van der Waals surface area contributed by atoms with Gasteiger partial charge >= 0.3 is 0 Å². The molecule has 1 heterocycles. The third kappa shape index (κ3) is 4.49. The van der Waals surface area contributed by atoms with Crippen LogP contribution in [0, 0.1) is 0 Å². The molecule has 2 rings (SSSR count). The van der Waals surface area contributed by atoms with Crippen molar-refractivity contribution in [1.82, 2.24) is 15.1 Å². The summed E-state index contributed by atoms with van der Waals surface area (Å²) in [4.78, 5) is 1.25. The predicted octanol–water partition coefficient (Wildman–Crippen LogP) is 4.76. The Morgan fingerprint density at radius 3 is 2.67 bits per heavy atom. The maximum absolute atomic E-state index is 6.32. The molecular weight excluding hydrogens is 370 g/mol. The zero-order chi connectivity index (χ0) is 15.2. The molecule has 0 aliphatic carbocycles. The first kappa shape index (κ1) is 16.9. The molecule has 0 saturated heterocycles. The lowest BCUT2D eigenvalue weighted by Crippen LogP contribution is -2.26. The number of rotatable bonds is 7. The molecule has 1 unspecified atom stereocenters. The number of aromatic nitrogens is 2. The van der Waals surface area contributed by atoms with E-state index in [0.717, 1.165) is 34.0 Å². The highest BCUT2D eigenvalue weighted by atomic mass is 79.9. The van der Waals surface area contributed by atoms with E-state index in [1.54, 1.807) is 6.20 Å². The molecule has 0 saturated carbocycles. The largest absolute Gasteiger partial charge is 0.308 e. The van der Waals surface area contributed by atoms with Gasteiger partial charge in [-0.25, -0.2) is 0 Å². The van der Waals surface area contributed by atoms with Crippen molar-refractivity contribution in [3.8, 4) is 0 Å². The second kappa shape index (κ2) is 8.22. The van der Waals surface area contributed by atoms with Crippen LogP contribution in [0.3, 0.4) is 0 Å². The van der Waals surface area contributed by atoms with Crippen LogP contribution in [0.2, 0.25) is 5.02 Å². The number of nitrogens with one attached hydrogen (secondary N) is 1. The smallest absolute Gasteiger partial charge is 0.0834 e. The van der Waals surface area contributed by atoms with Crippen molar-refractivity contribution in [2.24, 2.45) is 0 Å². The number of hydrogen-bond donors (Lipinski definition) is 1. The van der Waals surface area contributed by atoms with E-state index in [-0.39, 0.29) is 6.04 Å². The molecular formula is C15H19BrClN3S. The van der Waals surface area contributed by atoms with E-state index in [1.165, 1.54) is 4.90 Å². The van der Waals surface area contributed by atoms with Crippen LogP contribution < -0.4 is 5.32 Å². The van der Waals surface area contributed by atoms with E-state index in [4.69, 9.17) is 11.6 Å². The van der Waals surface area contributed by atoms with Crippen LogP contribution in [0.1, 0.15) is 25.6 Å². The molecule has 0 amide bonds. The van der Waals surface area contributed by atoms with E-state index in [0.29, 0.717) is 0 Å². The van der Waals surface area contributed by atoms with E-state index < -0.39 is 0 Å². The molecule has 0 spiro atoms. The zero-order valence-corrected chi connectivity index (χ0v) is 15.3. The van der Waals surface area contributed by atoms with Crippen molar-refractivity contribution < 1.29 is 0 Å². The minimum Gasteiger partial charge on any atom is -0.308 e. The first-order valence-corrected chi connectivity index (χ1v) is 9.14. The zero-order valence-electron chi connectivity index (χ0n) is 12.1. The lowest BCUT2D eigenvalue weighted by Gasteiger charge is -2.19. The summed E-state index contributed by atoms with van der Waals surface area (Å²) >= 11 is 11.6. The fourth-order valence-corrected chi connectivity index (χ4v) is 3.66. The third-order valence-corrected chi connectivity index (χ3v) is 5.07. The maximum Gasteiger partial charge on any atom is 0.0834 e. The van der Waals surface area contributed by atoms with Crippen LogP contribution >= 0.6 is 39.3 Å². The van der Waals surface area contributed by atoms with Gasteiger partial charge in [0.2, 0.25) is 0 Å². The minimum atomic E-state index is 0.193. The number of halogens is 2. The Morgan fingerprint density at radius 2 is 2.05 bits per heavy atom. The van der Waals surface area contributed by atoms with Crippen LogP contribution in [0.4, 0.5) is 0 Å². The Balaban J connectivity index is 2.11. The second-order valence-electron chi connectivity index (χ2n) is 4.57. The fourth-order valence-electron chi connectivity index (χ4n) is 2.16. The summed E-state index contributed by atoms with van der Waals surface area (Å²) in [5, 5.41) is 8.58. The first-order valence-electron chi connectivity index (χ1n) is 6.98. The number of aryl methyl sites for hydroxylation is 1. The number of nitrogens with zero attached hydrogens (tertiary/aromatic N) is 2. The van der Waals surface area contributed by atoms with Gasteiger partial charge in [-0.3, -0.25) is 4.68 Å². The molecule has 1 aromatic heterocycles. The van der Waals surface area contributed by atoms with Gasteiger partial charge in [-0.1, -0.05) is 34.5 Å². The van der Waals surface area contributed by atoms with Gasteiger partial charge in [-0.15, -0.1) is 11.8 Å². The topological polar surface area (TPSA) is 29.9 Å². The van der Waals surface area contributed by atoms with Crippen molar-refractivity contribution in [2.75, 3.05) is 12.3 Å². The molecule has 0 radical (unpaired) electrons. The summed E-state index contributed by atoms with van der Waals surface area (Å²) in [5.74, 6) is 0.918. The molecule has 1 N–H and O–H groups in total. The Hall–Kier alpha value is -0.490. The Morgan fingerprint density at radius 1 is 1.33 bits per heavy atom. The molecule has 21 heavy (non-hydrogen) atoms. The van der Waals surface area contributed by atoms with Crippen LogP contribution in [-0.2, 0) is 6.54 Å². The standard InChI is InChI=1S/C15H19BrClN3S/c1-3-18-14(15-13(17)9-19-20(15)4-2)10-21-12-7-5-11(16)6-8-12/h5-9,14,18H,3-4,10H2,1-2H3. The van der Waals surface area contributed by atoms with Crippen molar-refractivity contribution in [3.63, 3.8) is 0 Å². The molecule has 2 aromatic rings. The molecule has 3 nitrogen and oxygen atoms in total. The third-order valence-electron chi connectivity index (χ3n) is 3.14. The molecule has 6 heteroatoms. The van der Waals surface area contributed by atoms with Gasteiger partial charge in [0.1, 0.15) is 0 Å². The van der Waals surface area contributed by atoms with Gasteiger partial charge in [0.15, 0.2) is 0 Å². The van der Waals surface area contributed by atoms with E-state index in [1.807, 2.05) is 16.4 Å². The Kier molecular flexibility index (Phi) is 6.61.